The predicted molar refractivity (Wildman–Crippen MR) is 210 cm³/mol. The summed E-state index contributed by atoms with van der Waals surface area (Å²) >= 11 is 16.1. The molecule has 2 aromatic rings. The summed E-state index contributed by atoms with van der Waals surface area (Å²) in [5.41, 5.74) is 6.30. The van der Waals surface area contributed by atoms with Gasteiger partial charge in [-0.15, -0.1) is 6.58 Å². The molecular formula is C37H36S8. The van der Waals surface area contributed by atoms with Crippen LogP contribution in [0.25, 0.3) is 0 Å². The van der Waals surface area contributed by atoms with E-state index in [0.717, 1.165) is 11.8 Å². The first-order valence-electron chi connectivity index (χ1n) is 16.1. The number of hydrogen-bond acceptors (Lipinski definition) is 8. The fraction of sp³-hybridized carbons (Fsp3) is 0.405. The normalized spacial score (nSPS) is 32.5. The highest BCUT2D eigenvalue weighted by Gasteiger charge is 2.41. The Balaban J connectivity index is 0.942. The molecule has 0 radical (unpaired) electrons. The van der Waals surface area contributed by atoms with Crippen molar-refractivity contribution < 1.29 is 0 Å². The van der Waals surface area contributed by atoms with E-state index in [0.29, 0.717) is 35.5 Å². The molecule has 0 saturated heterocycles. The highest BCUT2D eigenvalue weighted by molar-refractivity contribution is 8.45. The minimum Gasteiger partial charge on any atom is -0.102 e. The van der Waals surface area contributed by atoms with Crippen LogP contribution in [-0.2, 0) is 0 Å². The molecule has 45 heavy (non-hydrogen) atoms. The van der Waals surface area contributed by atoms with Gasteiger partial charge in [-0.1, -0.05) is 147 Å². The lowest BCUT2D eigenvalue weighted by molar-refractivity contribution is 0.282. The van der Waals surface area contributed by atoms with Gasteiger partial charge < -0.3 is 0 Å². The fourth-order valence-corrected chi connectivity index (χ4v) is 20.3. The van der Waals surface area contributed by atoms with Crippen LogP contribution in [0.4, 0.5) is 0 Å². The summed E-state index contributed by atoms with van der Waals surface area (Å²) in [4.78, 5) is 5.84. The maximum Gasteiger partial charge on any atom is 0.0718 e. The van der Waals surface area contributed by atoms with E-state index in [4.69, 9.17) is 0 Å². The van der Waals surface area contributed by atoms with Crippen LogP contribution in [0.1, 0.15) is 93.4 Å². The zero-order chi connectivity index (χ0) is 30.7. The van der Waals surface area contributed by atoms with Gasteiger partial charge in [-0.3, -0.25) is 0 Å². The van der Waals surface area contributed by atoms with Gasteiger partial charge in [0, 0.05) is 37.3 Å². The van der Waals surface area contributed by atoms with Crippen molar-refractivity contribution in [2.24, 2.45) is 23.7 Å². The van der Waals surface area contributed by atoms with Crippen molar-refractivity contribution >= 4 is 94.1 Å². The van der Waals surface area contributed by atoms with Crippen molar-refractivity contribution in [3.8, 4) is 0 Å². The number of fused-ring (bicyclic) bond motifs is 4. The molecule has 0 aromatic heterocycles. The highest BCUT2D eigenvalue weighted by atomic mass is 32.3. The van der Waals surface area contributed by atoms with Gasteiger partial charge in [-0.25, -0.2) is 0 Å². The van der Waals surface area contributed by atoms with Gasteiger partial charge >= 0.3 is 0 Å². The second kappa shape index (κ2) is 11.8. The van der Waals surface area contributed by atoms with Crippen LogP contribution < -0.4 is 0 Å². The van der Waals surface area contributed by atoms with Crippen LogP contribution in [0.3, 0.4) is 0 Å². The Morgan fingerprint density at radius 3 is 1.56 bits per heavy atom. The van der Waals surface area contributed by atoms with E-state index in [1.54, 1.807) is 16.7 Å². The smallest absolute Gasteiger partial charge is 0.0718 e. The van der Waals surface area contributed by atoms with Gasteiger partial charge in [-0.05, 0) is 89.0 Å². The zero-order valence-electron chi connectivity index (χ0n) is 26.0. The summed E-state index contributed by atoms with van der Waals surface area (Å²) < 4.78 is 8.89. The van der Waals surface area contributed by atoms with Crippen molar-refractivity contribution in [1.82, 2.24) is 0 Å². The lowest BCUT2D eigenvalue weighted by Gasteiger charge is -2.42. The lowest BCUT2D eigenvalue weighted by Crippen LogP contribution is -2.29. The monoisotopic (exact) mass is 736 g/mol. The second-order valence-electron chi connectivity index (χ2n) is 13.8. The van der Waals surface area contributed by atoms with E-state index in [1.807, 2.05) is 94.1 Å². The van der Waals surface area contributed by atoms with Gasteiger partial charge in [0.1, 0.15) is 0 Å². The first-order chi connectivity index (χ1) is 21.7. The molecule has 10 rings (SSSR count). The minimum atomic E-state index is 0.467. The Labute approximate surface area is 302 Å². The Hall–Kier alpha value is -0.0600. The SMILES string of the molecule is C=CC1CC(C(C)C)C(C)c2cc3c(cc21)SC1=C(S/C(=C2\SC4=C(S2)Sc2cc5c(cc2S4)C2C=CC5C(C(C)C)C2)S1)S3. The number of allylic oxidation sites excluding steroid dienone is 3. The summed E-state index contributed by atoms with van der Waals surface area (Å²) in [5, 5.41) is 0. The van der Waals surface area contributed by atoms with E-state index in [2.05, 4.69) is 83.7 Å². The largest absolute Gasteiger partial charge is 0.102 e. The molecule has 8 heteroatoms. The Bertz CT molecular complexity index is 1790. The molecule has 232 valence electrons. The molecule has 0 nitrogen and oxygen atoms in total. The van der Waals surface area contributed by atoms with E-state index in [-0.39, 0.29) is 0 Å². The molecule has 4 aliphatic carbocycles. The number of thioether (sulfide) groups is 8. The highest BCUT2D eigenvalue weighted by Crippen LogP contribution is 2.71. The van der Waals surface area contributed by atoms with Crippen LogP contribution in [0.15, 0.2) is 94.1 Å². The standard InChI is InChI=1S/C37H36S8/c1-7-19-10-22(16(2)3)18(6)24-12-28-29(13-25(19)24)39-33-32(38-28)42-36(43-33)37-44-34-35(45-37)41-31-15-27-21-9-8-20(11-23(21)17(4)5)26(27)14-30(31)40-34/h7-9,12-23H,1,10-11H2,2-6H3/b37-36-. The molecule has 6 atom stereocenters. The first-order valence-corrected chi connectivity index (χ1v) is 22.6. The van der Waals surface area contributed by atoms with Crippen molar-refractivity contribution in [2.45, 2.75) is 90.7 Å². The molecule has 0 saturated carbocycles. The third-order valence-electron chi connectivity index (χ3n) is 10.7. The molecule has 0 N–H and O–H groups in total. The fourth-order valence-electron chi connectivity index (χ4n) is 8.28. The topological polar surface area (TPSA) is 0 Å². The lowest BCUT2D eigenvalue weighted by atomic mass is 9.63. The van der Waals surface area contributed by atoms with E-state index >= 15 is 0 Å². The molecular weight excluding hydrogens is 701 g/mol. The quantitative estimate of drug-likeness (QED) is 0.282. The van der Waals surface area contributed by atoms with Gasteiger partial charge in [0.05, 0.1) is 25.4 Å². The molecule has 0 amide bonds. The van der Waals surface area contributed by atoms with E-state index in [1.165, 1.54) is 63.4 Å². The van der Waals surface area contributed by atoms with Crippen molar-refractivity contribution in [1.29, 1.82) is 0 Å². The summed E-state index contributed by atoms with van der Waals surface area (Å²) in [6.45, 7) is 16.3. The van der Waals surface area contributed by atoms with E-state index in [9.17, 15) is 0 Å². The third kappa shape index (κ3) is 5.11. The van der Waals surface area contributed by atoms with Crippen LogP contribution in [0, 0.1) is 23.7 Å². The van der Waals surface area contributed by atoms with Gasteiger partial charge in [-0.2, -0.15) is 0 Å². The summed E-state index contributed by atoms with van der Waals surface area (Å²) in [6.07, 6.45) is 9.77. The second-order valence-corrected chi connectivity index (χ2v) is 23.7. The average Bonchev–Trinajstić information content (AvgIpc) is 3.64. The number of rotatable bonds is 3. The maximum absolute atomic E-state index is 4.25. The molecule has 8 aliphatic rings. The molecule has 0 fully saturated rings. The van der Waals surface area contributed by atoms with Crippen LogP contribution >= 0.6 is 94.1 Å². The zero-order valence-corrected chi connectivity index (χ0v) is 32.6. The number of hydrogen-bond donors (Lipinski definition) is 0. The van der Waals surface area contributed by atoms with Crippen LogP contribution in [-0.4, -0.2) is 0 Å². The summed E-state index contributed by atoms with van der Waals surface area (Å²) in [6, 6.07) is 10.2. The van der Waals surface area contributed by atoms with Crippen molar-refractivity contribution in [3.05, 3.63) is 96.7 Å². The average molecular weight is 737 g/mol. The van der Waals surface area contributed by atoms with Crippen molar-refractivity contribution in [3.63, 3.8) is 0 Å². The van der Waals surface area contributed by atoms with Gasteiger partial charge in [0.25, 0.3) is 0 Å². The molecule has 4 aliphatic heterocycles. The molecule has 6 unspecified atom stereocenters. The van der Waals surface area contributed by atoms with Crippen LogP contribution in [0.2, 0.25) is 0 Å². The first kappa shape index (κ1) is 31.0. The van der Waals surface area contributed by atoms with Crippen molar-refractivity contribution in [2.75, 3.05) is 0 Å². The van der Waals surface area contributed by atoms with Crippen LogP contribution in [0.5, 0.6) is 0 Å². The Kier molecular flexibility index (Phi) is 8.10. The third-order valence-corrected chi connectivity index (χ3v) is 22.4. The van der Waals surface area contributed by atoms with Gasteiger partial charge in [0.15, 0.2) is 0 Å². The molecule has 0 spiro atoms. The van der Waals surface area contributed by atoms with E-state index < -0.39 is 0 Å². The molecule has 2 aromatic carbocycles. The summed E-state index contributed by atoms with van der Waals surface area (Å²) in [5.74, 6) is 5.18. The Morgan fingerprint density at radius 1 is 0.578 bits per heavy atom. The molecule has 4 heterocycles. The predicted octanol–water partition coefficient (Wildman–Crippen LogP) is 14.6. The number of benzene rings is 2. The minimum absolute atomic E-state index is 0.467. The van der Waals surface area contributed by atoms with Gasteiger partial charge in [0.2, 0.25) is 0 Å². The Morgan fingerprint density at radius 2 is 1.04 bits per heavy atom. The molecule has 2 bridgehead atoms. The maximum atomic E-state index is 4.25. The summed E-state index contributed by atoms with van der Waals surface area (Å²) in [7, 11) is 0.